The van der Waals surface area contributed by atoms with Gasteiger partial charge in [-0.25, -0.2) is 9.78 Å². The number of amides is 1. The molecule has 3 aromatic rings. The molecule has 25 heavy (non-hydrogen) atoms. The number of hydrogen-bond donors (Lipinski definition) is 1. The van der Waals surface area contributed by atoms with Crippen LogP contribution in [0.2, 0.25) is 5.02 Å². The minimum absolute atomic E-state index is 0.286. The van der Waals surface area contributed by atoms with Crippen molar-refractivity contribution in [3.8, 4) is 0 Å². The van der Waals surface area contributed by atoms with Crippen molar-refractivity contribution in [1.82, 2.24) is 4.98 Å². The molecule has 0 saturated carbocycles. The number of esters is 1. The molecule has 3 rings (SSSR count). The molecule has 0 radical (unpaired) electrons. The summed E-state index contributed by atoms with van der Waals surface area (Å²) in [6.07, 6.45) is 0. The summed E-state index contributed by atoms with van der Waals surface area (Å²) in [4.78, 5) is 28.5. The second-order valence-corrected chi connectivity index (χ2v) is 6.78. The Morgan fingerprint density at radius 3 is 2.68 bits per heavy atom. The maximum Gasteiger partial charge on any atom is 0.338 e. The average molecular weight is 375 g/mol. The van der Waals surface area contributed by atoms with Crippen molar-refractivity contribution >= 4 is 50.2 Å². The number of rotatable bonds is 4. The summed E-state index contributed by atoms with van der Waals surface area (Å²) in [7, 11) is 0. The largest absolute Gasteiger partial charge is 0.462 e. The lowest BCUT2D eigenvalue weighted by Crippen LogP contribution is -2.11. The van der Waals surface area contributed by atoms with E-state index in [2.05, 4.69) is 10.3 Å². The number of halogens is 1. The SMILES string of the molecule is CCOC(=O)c1ccc2nc(NC(=O)c3ccc(C)c(Cl)c3)sc2c1. The Morgan fingerprint density at radius 2 is 1.96 bits per heavy atom. The Balaban J connectivity index is 1.82. The topological polar surface area (TPSA) is 68.3 Å². The summed E-state index contributed by atoms with van der Waals surface area (Å²) < 4.78 is 5.78. The number of thiazole rings is 1. The predicted molar refractivity (Wildman–Crippen MR) is 99.7 cm³/mol. The molecule has 0 aliphatic carbocycles. The summed E-state index contributed by atoms with van der Waals surface area (Å²) >= 11 is 7.35. The van der Waals surface area contributed by atoms with E-state index >= 15 is 0 Å². The molecule has 1 aromatic heterocycles. The molecule has 0 fully saturated rings. The van der Waals surface area contributed by atoms with Gasteiger partial charge in [0, 0.05) is 10.6 Å². The Hall–Kier alpha value is -2.44. The number of nitrogens with one attached hydrogen (secondary N) is 1. The van der Waals surface area contributed by atoms with E-state index in [9.17, 15) is 9.59 Å². The molecule has 0 bridgehead atoms. The molecule has 0 saturated heterocycles. The van der Waals surface area contributed by atoms with Gasteiger partial charge in [0.05, 0.1) is 22.4 Å². The summed E-state index contributed by atoms with van der Waals surface area (Å²) in [5, 5.41) is 3.76. The molecule has 7 heteroatoms. The van der Waals surface area contributed by atoms with E-state index < -0.39 is 0 Å². The third-order valence-corrected chi connectivity index (χ3v) is 4.89. The highest BCUT2D eigenvalue weighted by atomic mass is 35.5. The number of carbonyl (C=O) groups excluding carboxylic acids is 2. The Labute approximate surface area is 153 Å². The fourth-order valence-corrected chi connectivity index (χ4v) is 3.30. The van der Waals surface area contributed by atoms with Crippen LogP contribution in [0.1, 0.15) is 33.2 Å². The van der Waals surface area contributed by atoms with Gasteiger partial charge in [0.25, 0.3) is 5.91 Å². The first-order valence-electron chi connectivity index (χ1n) is 7.63. The van der Waals surface area contributed by atoms with Crippen LogP contribution in [-0.4, -0.2) is 23.5 Å². The number of aromatic nitrogens is 1. The lowest BCUT2D eigenvalue weighted by Gasteiger charge is -2.03. The average Bonchev–Trinajstić information content (AvgIpc) is 2.98. The first kappa shape index (κ1) is 17.4. The van der Waals surface area contributed by atoms with Crippen LogP contribution in [0.5, 0.6) is 0 Å². The molecule has 1 N–H and O–H groups in total. The number of anilines is 1. The second kappa shape index (κ2) is 7.21. The van der Waals surface area contributed by atoms with Gasteiger partial charge in [0.15, 0.2) is 5.13 Å². The molecule has 1 heterocycles. The first-order chi connectivity index (χ1) is 12.0. The Bertz CT molecular complexity index is 968. The van der Waals surface area contributed by atoms with E-state index in [0.29, 0.717) is 33.4 Å². The summed E-state index contributed by atoms with van der Waals surface area (Å²) in [5.74, 6) is -0.663. The van der Waals surface area contributed by atoms with Crippen molar-refractivity contribution < 1.29 is 14.3 Å². The molecule has 2 aromatic carbocycles. The van der Waals surface area contributed by atoms with Crippen LogP contribution in [0.3, 0.4) is 0 Å². The zero-order valence-corrected chi connectivity index (χ0v) is 15.2. The van der Waals surface area contributed by atoms with Crippen LogP contribution in [0.25, 0.3) is 10.2 Å². The molecule has 128 valence electrons. The van der Waals surface area contributed by atoms with Gasteiger partial charge in [-0.3, -0.25) is 10.1 Å². The van der Waals surface area contributed by atoms with Crippen molar-refractivity contribution in [2.75, 3.05) is 11.9 Å². The van der Waals surface area contributed by atoms with Gasteiger partial charge in [-0.1, -0.05) is 29.0 Å². The highest BCUT2D eigenvalue weighted by Gasteiger charge is 2.13. The molecule has 0 aliphatic rings. The molecule has 0 spiro atoms. The number of hydrogen-bond acceptors (Lipinski definition) is 5. The van der Waals surface area contributed by atoms with Crippen LogP contribution in [0, 0.1) is 6.92 Å². The quantitative estimate of drug-likeness (QED) is 0.673. The molecule has 0 atom stereocenters. The molecule has 5 nitrogen and oxygen atoms in total. The number of ether oxygens (including phenoxy) is 1. The fourth-order valence-electron chi connectivity index (χ4n) is 2.22. The molecule has 0 unspecified atom stereocenters. The summed E-state index contributed by atoms with van der Waals surface area (Å²) in [6, 6.07) is 10.2. The van der Waals surface area contributed by atoms with Gasteiger partial charge in [0.2, 0.25) is 0 Å². The smallest absolute Gasteiger partial charge is 0.338 e. The third-order valence-electron chi connectivity index (χ3n) is 3.55. The number of benzene rings is 2. The fraction of sp³-hybridized carbons (Fsp3) is 0.167. The van der Waals surface area contributed by atoms with Crippen LogP contribution in [0.15, 0.2) is 36.4 Å². The van der Waals surface area contributed by atoms with E-state index in [1.165, 1.54) is 11.3 Å². The first-order valence-corrected chi connectivity index (χ1v) is 8.82. The van der Waals surface area contributed by atoms with Gasteiger partial charge in [-0.15, -0.1) is 0 Å². The molecular weight excluding hydrogens is 360 g/mol. The van der Waals surface area contributed by atoms with Crippen molar-refractivity contribution in [3.63, 3.8) is 0 Å². The lowest BCUT2D eigenvalue weighted by molar-refractivity contribution is 0.0526. The van der Waals surface area contributed by atoms with E-state index in [0.717, 1.165) is 10.3 Å². The minimum atomic E-state index is -0.377. The minimum Gasteiger partial charge on any atom is -0.462 e. The standard InChI is InChI=1S/C18H15ClN2O3S/c1-3-24-17(23)12-6-7-14-15(9-12)25-18(20-14)21-16(22)11-5-4-10(2)13(19)8-11/h4-9H,3H2,1-2H3,(H,20,21,22). The van der Waals surface area contributed by atoms with E-state index in [4.69, 9.17) is 16.3 Å². The van der Waals surface area contributed by atoms with E-state index in [1.807, 2.05) is 6.92 Å². The Morgan fingerprint density at radius 1 is 1.20 bits per heavy atom. The predicted octanol–water partition coefficient (Wildman–Crippen LogP) is 4.69. The van der Waals surface area contributed by atoms with Gasteiger partial charge >= 0.3 is 5.97 Å². The third kappa shape index (κ3) is 3.81. The lowest BCUT2D eigenvalue weighted by atomic mass is 10.1. The van der Waals surface area contributed by atoms with Crippen molar-refractivity contribution in [2.24, 2.45) is 0 Å². The maximum atomic E-state index is 12.3. The van der Waals surface area contributed by atoms with Crippen LogP contribution in [-0.2, 0) is 4.74 Å². The monoisotopic (exact) mass is 374 g/mol. The van der Waals surface area contributed by atoms with Crippen molar-refractivity contribution in [3.05, 3.63) is 58.1 Å². The molecule has 0 aliphatic heterocycles. The number of aryl methyl sites for hydroxylation is 1. The van der Waals surface area contributed by atoms with Gasteiger partial charge < -0.3 is 4.74 Å². The zero-order chi connectivity index (χ0) is 18.0. The van der Waals surface area contributed by atoms with Gasteiger partial charge in [-0.05, 0) is 49.7 Å². The highest BCUT2D eigenvalue weighted by molar-refractivity contribution is 7.22. The molecule has 1 amide bonds. The number of nitrogens with zero attached hydrogens (tertiary/aromatic N) is 1. The van der Waals surface area contributed by atoms with E-state index in [1.54, 1.807) is 43.3 Å². The second-order valence-electron chi connectivity index (χ2n) is 5.34. The number of carbonyl (C=O) groups is 2. The number of fused-ring (bicyclic) bond motifs is 1. The van der Waals surface area contributed by atoms with Crippen LogP contribution in [0.4, 0.5) is 5.13 Å². The van der Waals surface area contributed by atoms with Crippen molar-refractivity contribution in [2.45, 2.75) is 13.8 Å². The summed E-state index contributed by atoms with van der Waals surface area (Å²) in [6.45, 7) is 3.95. The Kier molecular flexibility index (Phi) is 5.01. The van der Waals surface area contributed by atoms with Crippen LogP contribution >= 0.6 is 22.9 Å². The van der Waals surface area contributed by atoms with E-state index in [-0.39, 0.29) is 11.9 Å². The van der Waals surface area contributed by atoms with Gasteiger partial charge in [0.1, 0.15) is 0 Å². The van der Waals surface area contributed by atoms with Crippen LogP contribution < -0.4 is 5.32 Å². The normalized spacial score (nSPS) is 10.7. The maximum absolute atomic E-state index is 12.3. The zero-order valence-electron chi connectivity index (χ0n) is 13.6. The summed E-state index contributed by atoms with van der Waals surface area (Å²) in [5.41, 5.74) is 2.53. The molecular formula is C18H15ClN2O3S. The van der Waals surface area contributed by atoms with Crippen molar-refractivity contribution in [1.29, 1.82) is 0 Å². The van der Waals surface area contributed by atoms with Gasteiger partial charge in [-0.2, -0.15) is 0 Å². The highest BCUT2D eigenvalue weighted by Crippen LogP contribution is 2.28.